The van der Waals surface area contributed by atoms with E-state index in [2.05, 4.69) is 33.7 Å². The topological polar surface area (TPSA) is 108 Å². The van der Waals surface area contributed by atoms with E-state index in [9.17, 15) is 14.6 Å². The molecule has 0 unspecified atom stereocenters. The van der Waals surface area contributed by atoms with Crippen molar-refractivity contribution in [2.24, 2.45) is 5.84 Å². The van der Waals surface area contributed by atoms with Gasteiger partial charge >= 0.3 is 6.09 Å². The maximum atomic E-state index is 12.4. The van der Waals surface area contributed by atoms with Crippen molar-refractivity contribution in [2.75, 3.05) is 34.5 Å². The average molecular weight is 521 g/mol. The zero-order chi connectivity index (χ0) is 26.3. The van der Waals surface area contributed by atoms with Crippen molar-refractivity contribution in [3.05, 3.63) is 48.0 Å². The first-order valence-corrected chi connectivity index (χ1v) is 14.3. The molecule has 37 heavy (non-hydrogen) atoms. The molecule has 5 rings (SSSR count). The number of ether oxygens (including phenoxy) is 1. The van der Waals surface area contributed by atoms with Crippen LogP contribution in [0.15, 0.2) is 42.5 Å². The minimum atomic E-state index is -0.646. The van der Waals surface area contributed by atoms with E-state index in [0.29, 0.717) is 17.3 Å². The molecule has 2 heterocycles. The van der Waals surface area contributed by atoms with Gasteiger partial charge in [-0.3, -0.25) is 0 Å². The van der Waals surface area contributed by atoms with Gasteiger partial charge in [0, 0.05) is 17.1 Å². The van der Waals surface area contributed by atoms with E-state index in [1.807, 2.05) is 12.1 Å². The zero-order valence-electron chi connectivity index (χ0n) is 21.6. The number of hydrazine groups is 1. The Balaban J connectivity index is 1.54. The standard InChI is InChI=1S/C28H34N5O3S/c1-28(2,3)36-27(34)33(30)21-9-7-19(8-10-21)26-24(18-29)23-12-11-22(31-13-15-37(35)16-14-31)17-25(23)32(26)20-5-4-6-20/h7-12,17,20,35H,4-6,13-16,30H2,1-3H3/q+1. The molecule has 2 aliphatic rings. The Bertz CT molecular complexity index is 1340. The molecular formula is C28H34N5O3S+. The molecular weight excluding hydrogens is 486 g/mol. The summed E-state index contributed by atoms with van der Waals surface area (Å²) in [6.45, 7) is 7.06. The first-order chi connectivity index (χ1) is 17.7. The number of nitrogens with two attached hydrogens (primary N) is 1. The summed E-state index contributed by atoms with van der Waals surface area (Å²) in [7, 11) is 0. The predicted molar refractivity (Wildman–Crippen MR) is 150 cm³/mol. The SMILES string of the molecule is CC(C)(C)OC(=O)N(N)c1ccc(-c2c(C#N)c3ccc(N4CC[S+](O)CC4)cc3n2C2CCC2)cc1. The number of fused-ring (bicyclic) bond motifs is 1. The van der Waals surface area contributed by atoms with E-state index in [4.69, 9.17) is 10.6 Å². The van der Waals surface area contributed by atoms with Gasteiger partial charge in [0.2, 0.25) is 0 Å². The summed E-state index contributed by atoms with van der Waals surface area (Å²) in [5.74, 6) is 7.63. The van der Waals surface area contributed by atoms with Crippen LogP contribution < -0.4 is 15.8 Å². The van der Waals surface area contributed by atoms with Crippen molar-refractivity contribution in [3.63, 3.8) is 0 Å². The van der Waals surface area contributed by atoms with Gasteiger partial charge in [0.1, 0.15) is 22.8 Å². The molecule has 3 N–H and O–H groups in total. The summed E-state index contributed by atoms with van der Waals surface area (Å²) in [6, 6.07) is 16.6. The second-order valence-corrected chi connectivity index (χ2v) is 12.5. The fourth-order valence-electron chi connectivity index (χ4n) is 5.02. The van der Waals surface area contributed by atoms with E-state index in [1.54, 1.807) is 32.9 Å². The van der Waals surface area contributed by atoms with Crippen LogP contribution in [-0.2, 0) is 15.9 Å². The van der Waals surface area contributed by atoms with Crippen molar-refractivity contribution in [2.45, 2.75) is 51.7 Å². The smallest absolute Gasteiger partial charge is 0.429 e. The Labute approximate surface area is 220 Å². The van der Waals surface area contributed by atoms with E-state index in [1.165, 1.54) is 6.42 Å². The van der Waals surface area contributed by atoms with Crippen LogP contribution >= 0.6 is 0 Å². The van der Waals surface area contributed by atoms with Crippen molar-refractivity contribution >= 4 is 39.5 Å². The number of aromatic nitrogens is 1. The maximum absolute atomic E-state index is 12.4. The lowest BCUT2D eigenvalue weighted by Crippen LogP contribution is -2.41. The number of hydrogen-bond donors (Lipinski definition) is 2. The molecule has 1 aliphatic heterocycles. The lowest BCUT2D eigenvalue weighted by Gasteiger charge is -2.31. The molecule has 2 aromatic carbocycles. The monoisotopic (exact) mass is 520 g/mol. The highest BCUT2D eigenvalue weighted by Crippen LogP contribution is 2.43. The van der Waals surface area contributed by atoms with Crippen molar-refractivity contribution in [3.8, 4) is 17.3 Å². The van der Waals surface area contributed by atoms with E-state index in [0.717, 1.165) is 70.3 Å². The Morgan fingerprint density at radius 1 is 1.16 bits per heavy atom. The molecule has 3 aromatic rings. The largest absolute Gasteiger partial charge is 0.442 e. The number of anilines is 2. The van der Waals surface area contributed by atoms with Crippen LogP contribution in [-0.4, -0.2) is 45.4 Å². The highest BCUT2D eigenvalue weighted by Gasteiger charge is 2.30. The van der Waals surface area contributed by atoms with Gasteiger partial charge in [0.25, 0.3) is 0 Å². The average Bonchev–Trinajstić information content (AvgIpc) is 3.15. The Hall–Kier alpha value is -3.19. The quantitative estimate of drug-likeness (QED) is 0.206. The summed E-state index contributed by atoms with van der Waals surface area (Å²) < 4.78 is 17.7. The first kappa shape index (κ1) is 25.5. The first-order valence-electron chi connectivity index (χ1n) is 12.7. The minimum absolute atomic E-state index is 0.340. The number of rotatable bonds is 4. The lowest BCUT2D eigenvalue weighted by molar-refractivity contribution is 0.0580. The normalized spacial score (nSPS) is 16.9. The number of benzene rings is 2. The van der Waals surface area contributed by atoms with Gasteiger partial charge in [-0.25, -0.2) is 15.6 Å². The third kappa shape index (κ3) is 5.01. The number of carbonyl (C=O) groups is 1. The molecule has 2 fully saturated rings. The van der Waals surface area contributed by atoms with E-state index >= 15 is 0 Å². The summed E-state index contributed by atoms with van der Waals surface area (Å²) in [6.07, 6.45) is 2.71. The van der Waals surface area contributed by atoms with Crippen molar-refractivity contribution < 1.29 is 14.1 Å². The Morgan fingerprint density at radius 3 is 2.41 bits per heavy atom. The van der Waals surface area contributed by atoms with Gasteiger partial charge in [-0.15, -0.1) is 0 Å². The third-order valence-corrected chi connectivity index (χ3v) is 8.42. The van der Waals surface area contributed by atoms with Crippen LogP contribution in [0.4, 0.5) is 16.2 Å². The fourth-order valence-corrected chi connectivity index (χ4v) is 6.08. The molecule has 0 atom stereocenters. The van der Waals surface area contributed by atoms with Crippen LogP contribution in [0.3, 0.4) is 0 Å². The number of carbonyl (C=O) groups excluding carboxylic acids is 1. The molecule has 0 spiro atoms. The zero-order valence-corrected chi connectivity index (χ0v) is 22.4. The second kappa shape index (κ2) is 9.93. The lowest BCUT2D eigenvalue weighted by atomic mass is 9.92. The van der Waals surface area contributed by atoms with E-state index < -0.39 is 22.9 Å². The van der Waals surface area contributed by atoms with Gasteiger partial charge in [0.05, 0.1) is 35.6 Å². The fraction of sp³-hybridized carbons (Fsp3) is 0.429. The highest BCUT2D eigenvalue weighted by atomic mass is 32.2. The summed E-state index contributed by atoms with van der Waals surface area (Å²) >= 11 is -0.487. The van der Waals surface area contributed by atoms with Gasteiger partial charge in [-0.2, -0.15) is 9.81 Å². The minimum Gasteiger partial charge on any atom is -0.442 e. The molecule has 1 saturated heterocycles. The molecule has 0 radical (unpaired) electrons. The van der Waals surface area contributed by atoms with Gasteiger partial charge in [-0.05, 0) is 75.9 Å². The Kier molecular flexibility index (Phi) is 6.84. The van der Waals surface area contributed by atoms with Crippen LogP contribution in [0.25, 0.3) is 22.2 Å². The molecule has 0 bridgehead atoms. The van der Waals surface area contributed by atoms with Crippen LogP contribution in [0, 0.1) is 11.3 Å². The molecule has 1 aromatic heterocycles. The van der Waals surface area contributed by atoms with Crippen molar-refractivity contribution in [1.82, 2.24) is 4.57 Å². The Morgan fingerprint density at radius 2 is 1.84 bits per heavy atom. The third-order valence-electron chi connectivity index (χ3n) is 7.11. The molecule has 1 aliphatic carbocycles. The highest BCUT2D eigenvalue weighted by molar-refractivity contribution is 7.91. The second-order valence-electron chi connectivity index (χ2n) is 10.7. The number of nitrogens with zero attached hydrogens (tertiary/aromatic N) is 4. The molecule has 1 amide bonds. The molecule has 8 nitrogen and oxygen atoms in total. The van der Waals surface area contributed by atoms with Crippen molar-refractivity contribution in [1.29, 1.82) is 5.26 Å². The van der Waals surface area contributed by atoms with Gasteiger partial charge < -0.3 is 14.2 Å². The summed E-state index contributed by atoms with van der Waals surface area (Å²) in [5.41, 5.74) is 4.54. The molecule has 194 valence electrons. The van der Waals surface area contributed by atoms with Gasteiger partial charge in [0.15, 0.2) is 11.5 Å². The maximum Gasteiger partial charge on any atom is 0.429 e. The summed E-state index contributed by atoms with van der Waals surface area (Å²) in [4.78, 5) is 14.7. The predicted octanol–water partition coefficient (Wildman–Crippen LogP) is 5.43. The van der Waals surface area contributed by atoms with Crippen LogP contribution in [0.5, 0.6) is 0 Å². The summed E-state index contributed by atoms with van der Waals surface area (Å²) in [5, 5.41) is 12.2. The van der Waals surface area contributed by atoms with E-state index in [-0.39, 0.29) is 0 Å². The molecule has 9 heteroatoms. The number of hydrogen-bond acceptors (Lipinski definition) is 6. The van der Waals surface area contributed by atoms with Crippen LogP contribution in [0.1, 0.15) is 51.6 Å². The van der Waals surface area contributed by atoms with Crippen LogP contribution in [0.2, 0.25) is 0 Å². The number of nitriles is 1. The van der Waals surface area contributed by atoms with Gasteiger partial charge in [-0.1, -0.05) is 12.1 Å². The molecule has 1 saturated carbocycles. The number of amides is 1.